The van der Waals surface area contributed by atoms with E-state index >= 15 is 0 Å². The molecular weight excluding hydrogens is 198 g/mol. The zero-order chi connectivity index (χ0) is 9.42. The number of allylic oxidation sites excluding steroid dienone is 2. The summed E-state index contributed by atoms with van der Waals surface area (Å²) in [7, 11) is 0. The average Bonchev–Trinajstić information content (AvgIpc) is 2.50. The van der Waals surface area contributed by atoms with Gasteiger partial charge in [-0.05, 0) is 6.08 Å². The third-order valence-corrected chi connectivity index (χ3v) is 1.90. The van der Waals surface area contributed by atoms with Crippen LogP contribution in [0.5, 0.6) is 0 Å². The van der Waals surface area contributed by atoms with E-state index in [0.29, 0.717) is 0 Å². The molecule has 0 saturated heterocycles. The first kappa shape index (κ1) is 8.09. The van der Waals surface area contributed by atoms with Crippen LogP contribution in [0.1, 0.15) is 0 Å². The van der Waals surface area contributed by atoms with Gasteiger partial charge in [0.05, 0.1) is 11.1 Å². The molecule has 6 nitrogen and oxygen atoms in total. The number of nitro groups is 1. The van der Waals surface area contributed by atoms with Crippen molar-refractivity contribution < 1.29 is 9.86 Å². The number of hydrogen-bond donors (Lipinski definition) is 1. The summed E-state index contributed by atoms with van der Waals surface area (Å²) < 4.78 is 0. The van der Waals surface area contributed by atoms with Crippen LogP contribution in [-0.4, -0.2) is 9.99 Å². The van der Waals surface area contributed by atoms with Crippen molar-refractivity contribution in [3.05, 3.63) is 45.0 Å². The van der Waals surface area contributed by atoms with Crippen LogP contribution < -0.4 is 5.48 Å². The van der Waals surface area contributed by atoms with Crippen LogP contribution in [0.15, 0.2) is 34.9 Å². The van der Waals surface area contributed by atoms with E-state index < -0.39 is 4.92 Å². The number of rotatable bonds is 1. The van der Waals surface area contributed by atoms with Gasteiger partial charge in [-0.15, -0.1) is 0 Å². The highest BCUT2D eigenvalue weighted by Crippen LogP contribution is 2.29. The molecule has 7 heteroatoms. The van der Waals surface area contributed by atoms with Gasteiger partial charge in [0.1, 0.15) is 5.03 Å². The molecule has 0 aromatic carbocycles. The Bertz CT molecular complexity index is 360. The normalized spacial score (nSPS) is 19.8. The van der Waals surface area contributed by atoms with Crippen LogP contribution in [0, 0.1) is 10.1 Å². The molecule has 1 N–H and O–H groups in total. The predicted molar refractivity (Wildman–Crippen MR) is 43.2 cm³/mol. The molecule has 0 saturated carbocycles. The highest BCUT2D eigenvalue weighted by Gasteiger charge is 2.32. The molecule has 2 rings (SSSR count). The smallest absolute Gasteiger partial charge is 0.258 e. The van der Waals surface area contributed by atoms with Gasteiger partial charge in [-0.1, -0.05) is 11.6 Å². The largest absolute Gasteiger partial charge is 0.315 e. The fourth-order valence-electron chi connectivity index (χ4n) is 1.05. The maximum Gasteiger partial charge on any atom is 0.315 e. The number of nitrogens with one attached hydrogen (secondary N) is 1. The van der Waals surface area contributed by atoms with Crippen molar-refractivity contribution in [1.29, 1.82) is 0 Å². The first-order chi connectivity index (χ1) is 6.20. The fourth-order valence-corrected chi connectivity index (χ4v) is 1.27. The third-order valence-electron chi connectivity index (χ3n) is 1.59. The third kappa shape index (κ3) is 1.16. The summed E-state index contributed by atoms with van der Waals surface area (Å²) >= 11 is 5.64. The Kier molecular flexibility index (Phi) is 1.71. The summed E-state index contributed by atoms with van der Waals surface area (Å²) in [4.78, 5) is 14.8. The Morgan fingerprint density at radius 3 is 3.15 bits per heavy atom. The van der Waals surface area contributed by atoms with E-state index in [1.54, 1.807) is 0 Å². The highest BCUT2D eigenvalue weighted by molar-refractivity contribution is 6.31. The van der Waals surface area contributed by atoms with Crippen LogP contribution >= 0.6 is 11.6 Å². The maximum absolute atomic E-state index is 10.6. The first-order valence-corrected chi connectivity index (χ1v) is 3.72. The van der Waals surface area contributed by atoms with Crippen molar-refractivity contribution in [2.75, 3.05) is 0 Å². The lowest BCUT2D eigenvalue weighted by Crippen LogP contribution is -2.20. The molecule has 2 aliphatic heterocycles. The van der Waals surface area contributed by atoms with Crippen molar-refractivity contribution in [3.8, 4) is 0 Å². The number of fused-ring (bicyclic) bond motifs is 1. The van der Waals surface area contributed by atoms with Gasteiger partial charge in [0.25, 0.3) is 0 Å². The van der Waals surface area contributed by atoms with E-state index in [2.05, 4.69) is 5.48 Å². The molecule has 0 fully saturated rings. The van der Waals surface area contributed by atoms with Crippen molar-refractivity contribution >= 4 is 11.6 Å². The van der Waals surface area contributed by atoms with Crippen molar-refractivity contribution in [2.24, 2.45) is 0 Å². The summed E-state index contributed by atoms with van der Waals surface area (Å²) in [5.74, 6) is 0. The van der Waals surface area contributed by atoms with Gasteiger partial charge in [-0.3, -0.25) is 10.1 Å². The lowest BCUT2D eigenvalue weighted by Gasteiger charge is -2.15. The maximum atomic E-state index is 10.6. The molecule has 0 unspecified atom stereocenters. The molecule has 68 valence electrons. The lowest BCUT2D eigenvalue weighted by molar-refractivity contribution is -0.424. The fraction of sp³-hybridized carbons (Fsp3) is 0. The van der Waals surface area contributed by atoms with Crippen LogP contribution in [0.2, 0.25) is 0 Å². The summed E-state index contributed by atoms with van der Waals surface area (Å²) in [5.41, 5.74) is 2.50. The number of hydroxylamine groups is 3. The summed E-state index contributed by atoms with van der Waals surface area (Å²) in [5, 5.41) is 11.9. The topological polar surface area (TPSA) is 67.6 Å². The molecule has 0 amide bonds. The van der Waals surface area contributed by atoms with E-state index in [0.717, 1.165) is 0 Å². The Morgan fingerprint density at radius 2 is 2.46 bits per heavy atom. The Balaban J connectivity index is 2.49. The van der Waals surface area contributed by atoms with Crippen LogP contribution in [0.3, 0.4) is 0 Å². The molecule has 0 aromatic heterocycles. The number of nitrogens with zero attached hydrogens (tertiary/aromatic N) is 2. The van der Waals surface area contributed by atoms with Crippen molar-refractivity contribution in [1.82, 2.24) is 10.5 Å². The Morgan fingerprint density at radius 1 is 1.69 bits per heavy atom. The monoisotopic (exact) mass is 201 g/mol. The molecular formula is C6H4ClN3O3. The standard InChI is InChI=1S/C6H4ClN3O3/c7-4-1-2-9-5(3-8-13-9)6(4)10(11)12/h1-3,8H. The van der Waals surface area contributed by atoms with Gasteiger partial charge >= 0.3 is 5.70 Å². The number of halogens is 1. The molecule has 2 heterocycles. The minimum absolute atomic E-state index is 0.0831. The molecule has 0 spiro atoms. The molecule has 0 bridgehead atoms. The lowest BCUT2D eigenvalue weighted by atomic mass is 10.2. The van der Waals surface area contributed by atoms with E-state index in [1.807, 2.05) is 0 Å². The summed E-state index contributed by atoms with van der Waals surface area (Å²) in [6.45, 7) is 0. The zero-order valence-electron chi connectivity index (χ0n) is 6.23. The van der Waals surface area contributed by atoms with Crippen molar-refractivity contribution in [2.45, 2.75) is 0 Å². The van der Waals surface area contributed by atoms with Gasteiger partial charge in [0.15, 0.2) is 5.70 Å². The van der Waals surface area contributed by atoms with Crippen molar-refractivity contribution in [3.63, 3.8) is 0 Å². The predicted octanol–water partition coefficient (Wildman–Crippen LogP) is 0.834. The second-order valence-electron chi connectivity index (χ2n) is 2.33. The van der Waals surface area contributed by atoms with Crippen LogP contribution in [-0.2, 0) is 4.94 Å². The van der Waals surface area contributed by atoms with E-state index in [1.165, 1.54) is 23.5 Å². The van der Waals surface area contributed by atoms with Gasteiger partial charge in [-0.25, -0.2) is 5.48 Å². The van der Waals surface area contributed by atoms with Gasteiger partial charge in [0, 0.05) is 6.20 Å². The molecule has 0 aliphatic carbocycles. The molecule has 0 atom stereocenters. The van der Waals surface area contributed by atoms with Crippen LogP contribution in [0.25, 0.3) is 0 Å². The minimum atomic E-state index is -0.555. The molecule has 0 aromatic rings. The second kappa shape index (κ2) is 2.75. The highest BCUT2D eigenvalue weighted by atomic mass is 35.5. The van der Waals surface area contributed by atoms with Gasteiger partial charge in [-0.2, -0.15) is 10.0 Å². The summed E-state index contributed by atoms with van der Waals surface area (Å²) in [6, 6.07) is 0. The van der Waals surface area contributed by atoms with E-state index in [-0.39, 0.29) is 16.4 Å². The van der Waals surface area contributed by atoms with Crippen LogP contribution in [0.4, 0.5) is 0 Å². The number of hydrogen-bond acceptors (Lipinski definition) is 5. The Labute approximate surface area is 77.8 Å². The minimum Gasteiger partial charge on any atom is -0.258 e. The second-order valence-corrected chi connectivity index (χ2v) is 2.74. The molecule has 0 radical (unpaired) electrons. The molecule has 13 heavy (non-hydrogen) atoms. The Hall–Kier alpha value is -1.53. The summed E-state index contributed by atoms with van der Waals surface area (Å²) in [6.07, 6.45) is 4.25. The van der Waals surface area contributed by atoms with Gasteiger partial charge < -0.3 is 0 Å². The quantitative estimate of drug-likeness (QED) is 0.503. The molecule has 2 aliphatic rings. The first-order valence-electron chi connectivity index (χ1n) is 3.35. The van der Waals surface area contributed by atoms with E-state index in [4.69, 9.17) is 16.5 Å². The zero-order valence-corrected chi connectivity index (χ0v) is 6.99. The average molecular weight is 202 g/mol. The SMILES string of the molecule is O=[N+]([O-])C1=C(Cl)C=CN2ONC=C12. The van der Waals surface area contributed by atoms with Gasteiger partial charge in [0.2, 0.25) is 0 Å². The van der Waals surface area contributed by atoms with E-state index in [9.17, 15) is 10.1 Å².